The van der Waals surface area contributed by atoms with Crippen LogP contribution in [0.5, 0.6) is 0 Å². The summed E-state index contributed by atoms with van der Waals surface area (Å²) in [7, 11) is 0. The van der Waals surface area contributed by atoms with Gasteiger partial charge in [-0.15, -0.1) is 21.5 Å². The first kappa shape index (κ1) is 19.0. The number of anilines is 1. The van der Waals surface area contributed by atoms with Crippen LogP contribution in [0.3, 0.4) is 0 Å². The quantitative estimate of drug-likeness (QED) is 0.462. The van der Waals surface area contributed by atoms with Gasteiger partial charge in [-0.05, 0) is 55.3 Å². The molecule has 152 valence electrons. The Hall–Kier alpha value is -2.99. The van der Waals surface area contributed by atoms with E-state index in [9.17, 15) is 4.79 Å². The molecule has 1 aliphatic heterocycles. The first-order chi connectivity index (χ1) is 14.6. The lowest BCUT2D eigenvalue weighted by atomic mass is 10.1. The molecule has 0 saturated carbocycles. The number of hydrogen-bond acceptors (Lipinski definition) is 4. The van der Waals surface area contributed by atoms with Crippen LogP contribution in [0.25, 0.3) is 21.5 Å². The molecule has 0 radical (unpaired) electrons. The number of rotatable bonds is 3. The highest BCUT2D eigenvalue weighted by atomic mass is 32.1. The predicted octanol–water partition coefficient (Wildman–Crippen LogP) is 5.76. The number of thiophene rings is 1. The summed E-state index contributed by atoms with van der Waals surface area (Å²) >= 11 is 1.54. The minimum atomic E-state index is -0.0611. The Morgan fingerprint density at radius 1 is 1.07 bits per heavy atom. The van der Waals surface area contributed by atoms with E-state index in [4.69, 9.17) is 0 Å². The second-order valence-corrected chi connectivity index (χ2v) is 8.99. The molecular formula is C24H24N4OS. The largest absolute Gasteiger partial charge is 0.321 e. The van der Waals surface area contributed by atoms with Gasteiger partial charge in [0.1, 0.15) is 5.82 Å². The number of nitrogens with one attached hydrogen (secondary N) is 1. The summed E-state index contributed by atoms with van der Waals surface area (Å²) < 4.78 is 3.37. The van der Waals surface area contributed by atoms with Crippen LogP contribution in [-0.4, -0.2) is 20.7 Å². The fraction of sp³-hybridized carbons (Fsp3) is 0.292. The van der Waals surface area contributed by atoms with E-state index in [0.717, 1.165) is 68.4 Å². The van der Waals surface area contributed by atoms with E-state index in [-0.39, 0.29) is 5.91 Å². The molecule has 0 spiro atoms. The molecule has 0 aliphatic carbocycles. The number of aromatic nitrogens is 3. The number of amides is 1. The van der Waals surface area contributed by atoms with Crippen molar-refractivity contribution >= 4 is 33.0 Å². The van der Waals surface area contributed by atoms with Gasteiger partial charge in [-0.25, -0.2) is 0 Å². The van der Waals surface area contributed by atoms with Crippen molar-refractivity contribution in [2.24, 2.45) is 0 Å². The van der Waals surface area contributed by atoms with Crippen LogP contribution in [-0.2, 0) is 13.0 Å². The number of fused-ring (bicyclic) bond motifs is 2. The molecule has 30 heavy (non-hydrogen) atoms. The first-order valence-corrected chi connectivity index (χ1v) is 11.3. The maximum Gasteiger partial charge on any atom is 0.266 e. The maximum absolute atomic E-state index is 13.1. The zero-order chi connectivity index (χ0) is 20.7. The third kappa shape index (κ3) is 3.31. The summed E-state index contributed by atoms with van der Waals surface area (Å²) in [6.07, 6.45) is 4.53. The summed E-state index contributed by atoms with van der Waals surface area (Å²) in [5.41, 5.74) is 3.87. The third-order valence-electron chi connectivity index (χ3n) is 5.90. The maximum atomic E-state index is 13.1. The smallest absolute Gasteiger partial charge is 0.266 e. The van der Waals surface area contributed by atoms with Crippen molar-refractivity contribution in [1.82, 2.24) is 14.8 Å². The van der Waals surface area contributed by atoms with Gasteiger partial charge in [0.05, 0.1) is 4.88 Å². The van der Waals surface area contributed by atoms with Gasteiger partial charge in [-0.2, -0.15) is 0 Å². The number of carbonyl (C=O) groups excluding carboxylic acids is 1. The van der Waals surface area contributed by atoms with E-state index < -0.39 is 0 Å². The third-order valence-corrected chi connectivity index (χ3v) is 7.17. The van der Waals surface area contributed by atoms with Gasteiger partial charge in [0.2, 0.25) is 0 Å². The molecule has 1 amide bonds. The second-order valence-electron chi connectivity index (χ2n) is 7.94. The Balaban J connectivity index is 1.48. The zero-order valence-electron chi connectivity index (χ0n) is 17.2. The predicted molar refractivity (Wildman–Crippen MR) is 122 cm³/mol. The lowest BCUT2D eigenvalue weighted by Crippen LogP contribution is -2.12. The van der Waals surface area contributed by atoms with E-state index in [2.05, 4.69) is 38.3 Å². The number of hydrogen-bond donors (Lipinski definition) is 1. The van der Waals surface area contributed by atoms with Crippen molar-refractivity contribution in [2.75, 3.05) is 5.32 Å². The topological polar surface area (TPSA) is 59.8 Å². The van der Waals surface area contributed by atoms with E-state index in [1.807, 2.05) is 38.1 Å². The molecule has 6 heteroatoms. The molecular weight excluding hydrogens is 392 g/mol. The van der Waals surface area contributed by atoms with Crippen LogP contribution in [0.15, 0.2) is 42.5 Å². The average molecular weight is 417 g/mol. The number of nitrogens with zero attached hydrogens (tertiary/aromatic N) is 3. The molecule has 0 bridgehead atoms. The van der Waals surface area contributed by atoms with Gasteiger partial charge in [0.15, 0.2) is 5.82 Å². The van der Waals surface area contributed by atoms with E-state index in [1.54, 1.807) is 11.3 Å². The van der Waals surface area contributed by atoms with Crippen LogP contribution >= 0.6 is 11.3 Å². The number of carbonyl (C=O) groups is 1. The van der Waals surface area contributed by atoms with Gasteiger partial charge >= 0.3 is 0 Å². The highest BCUT2D eigenvalue weighted by Gasteiger charge is 2.19. The molecule has 5 nitrogen and oxygen atoms in total. The van der Waals surface area contributed by atoms with E-state index in [0.29, 0.717) is 0 Å². The minimum Gasteiger partial charge on any atom is -0.321 e. The Morgan fingerprint density at radius 3 is 2.80 bits per heavy atom. The molecule has 4 aromatic rings. The second kappa shape index (κ2) is 7.69. The molecule has 2 aromatic heterocycles. The highest BCUT2D eigenvalue weighted by molar-refractivity contribution is 7.21. The van der Waals surface area contributed by atoms with E-state index >= 15 is 0 Å². The zero-order valence-corrected chi connectivity index (χ0v) is 18.1. The van der Waals surface area contributed by atoms with Gasteiger partial charge < -0.3 is 9.88 Å². The van der Waals surface area contributed by atoms with Gasteiger partial charge in [-0.3, -0.25) is 4.79 Å². The highest BCUT2D eigenvalue weighted by Crippen LogP contribution is 2.32. The van der Waals surface area contributed by atoms with Crippen molar-refractivity contribution in [2.45, 2.75) is 46.1 Å². The molecule has 0 unspecified atom stereocenters. The lowest BCUT2D eigenvalue weighted by molar-refractivity contribution is 0.103. The summed E-state index contributed by atoms with van der Waals surface area (Å²) in [6.45, 7) is 4.98. The Bertz CT molecular complexity index is 1250. The van der Waals surface area contributed by atoms with Crippen LogP contribution < -0.4 is 5.32 Å². The van der Waals surface area contributed by atoms with Crippen LogP contribution in [0, 0.1) is 13.8 Å². The Morgan fingerprint density at radius 2 is 1.93 bits per heavy atom. The molecule has 0 saturated heterocycles. The van der Waals surface area contributed by atoms with Crippen molar-refractivity contribution in [1.29, 1.82) is 0 Å². The van der Waals surface area contributed by atoms with Crippen LogP contribution in [0.1, 0.15) is 45.9 Å². The van der Waals surface area contributed by atoms with Gasteiger partial charge in [0.25, 0.3) is 5.91 Å². The molecule has 0 fully saturated rings. The molecule has 0 atom stereocenters. The van der Waals surface area contributed by atoms with Crippen LogP contribution in [0.2, 0.25) is 0 Å². The fourth-order valence-electron chi connectivity index (χ4n) is 4.16. The SMILES string of the molecule is Cc1ccc(-c2nnc3n2CCCCC3)cc1NC(=O)c1sc2ccccc2c1C. The summed E-state index contributed by atoms with van der Waals surface area (Å²) in [4.78, 5) is 13.9. The molecule has 3 heterocycles. The summed E-state index contributed by atoms with van der Waals surface area (Å²) in [6, 6.07) is 14.3. The first-order valence-electron chi connectivity index (χ1n) is 10.4. The van der Waals surface area contributed by atoms with Crippen molar-refractivity contribution in [3.63, 3.8) is 0 Å². The van der Waals surface area contributed by atoms with Gasteiger partial charge in [0, 0.05) is 28.9 Å². The molecule has 2 aromatic carbocycles. The Labute approximate surface area is 179 Å². The monoisotopic (exact) mass is 416 g/mol. The Kier molecular flexibility index (Phi) is 4.87. The molecule has 1 N–H and O–H groups in total. The fourth-order valence-corrected chi connectivity index (χ4v) is 5.27. The summed E-state index contributed by atoms with van der Waals surface area (Å²) in [5, 5.41) is 13.2. The minimum absolute atomic E-state index is 0.0611. The molecule has 5 rings (SSSR count). The lowest BCUT2D eigenvalue weighted by Gasteiger charge is -2.12. The number of aryl methyl sites for hydroxylation is 3. The van der Waals surface area contributed by atoms with Gasteiger partial charge in [-0.1, -0.05) is 36.8 Å². The molecule has 1 aliphatic rings. The standard InChI is InChI=1S/C24H24N4OS/c1-15-11-12-17(23-27-26-21-10-4-3-7-13-28(21)23)14-19(15)25-24(29)22-16(2)18-8-5-6-9-20(18)30-22/h5-6,8-9,11-12,14H,3-4,7,10,13H2,1-2H3,(H,25,29). The van der Waals surface area contributed by atoms with Crippen molar-refractivity contribution in [3.05, 3.63) is 64.3 Å². The number of benzene rings is 2. The van der Waals surface area contributed by atoms with Crippen molar-refractivity contribution in [3.8, 4) is 11.4 Å². The average Bonchev–Trinajstić information content (AvgIpc) is 3.22. The van der Waals surface area contributed by atoms with E-state index in [1.165, 1.54) is 12.8 Å². The normalized spacial score (nSPS) is 13.8. The summed E-state index contributed by atoms with van der Waals surface area (Å²) in [5.74, 6) is 1.89. The van der Waals surface area contributed by atoms with Crippen LogP contribution in [0.4, 0.5) is 5.69 Å². The van der Waals surface area contributed by atoms with Crippen molar-refractivity contribution < 1.29 is 4.79 Å².